The SMILES string of the molecule is Brc1ccccc1Oc1cnc(CNC2CC2)cn1. The van der Waals surface area contributed by atoms with Crippen molar-refractivity contribution in [3.05, 3.63) is 46.8 Å². The second kappa shape index (κ2) is 5.67. The number of nitrogens with zero attached hydrogens (tertiary/aromatic N) is 2. The zero-order chi connectivity index (χ0) is 13.1. The summed E-state index contributed by atoms with van der Waals surface area (Å²) in [6.07, 6.45) is 5.96. The van der Waals surface area contributed by atoms with Crippen LogP contribution in [0.25, 0.3) is 0 Å². The number of hydrogen-bond donors (Lipinski definition) is 1. The molecule has 2 aromatic rings. The van der Waals surface area contributed by atoms with Crippen molar-refractivity contribution >= 4 is 15.9 Å². The molecule has 0 spiro atoms. The minimum Gasteiger partial charge on any atom is -0.436 e. The molecule has 3 rings (SSSR count). The standard InChI is InChI=1S/C14H14BrN3O/c15-12-3-1-2-4-13(12)19-14-9-17-11(8-18-14)7-16-10-5-6-10/h1-4,8-10,16H,5-7H2. The second-order valence-corrected chi connectivity index (χ2v) is 5.39. The Balaban J connectivity index is 1.63. The minimum atomic E-state index is 0.502. The summed E-state index contributed by atoms with van der Waals surface area (Å²) < 4.78 is 6.56. The molecule has 0 aliphatic heterocycles. The highest BCUT2D eigenvalue weighted by Crippen LogP contribution is 2.27. The van der Waals surface area contributed by atoms with Crippen molar-refractivity contribution in [2.45, 2.75) is 25.4 Å². The summed E-state index contributed by atoms with van der Waals surface area (Å²) in [6.45, 7) is 0.771. The normalized spacial score (nSPS) is 14.4. The fourth-order valence-electron chi connectivity index (χ4n) is 1.66. The van der Waals surface area contributed by atoms with Gasteiger partial charge >= 0.3 is 0 Å². The van der Waals surface area contributed by atoms with Gasteiger partial charge in [-0.2, -0.15) is 0 Å². The summed E-state index contributed by atoms with van der Waals surface area (Å²) in [5.74, 6) is 1.24. The monoisotopic (exact) mass is 319 g/mol. The third-order valence-electron chi connectivity index (χ3n) is 2.88. The Morgan fingerprint density at radius 3 is 2.74 bits per heavy atom. The van der Waals surface area contributed by atoms with Crippen LogP contribution in [-0.4, -0.2) is 16.0 Å². The topological polar surface area (TPSA) is 47.0 Å². The molecule has 1 N–H and O–H groups in total. The van der Waals surface area contributed by atoms with Crippen molar-refractivity contribution in [1.29, 1.82) is 0 Å². The van der Waals surface area contributed by atoms with E-state index in [-0.39, 0.29) is 0 Å². The lowest BCUT2D eigenvalue weighted by molar-refractivity contribution is 0.456. The number of para-hydroxylation sites is 1. The van der Waals surface area contributed by atoms with Crippen LogP contribution < -0.4 is 10.1 Å². The van der Waals surface area contributed by atoms with E-state index in [0.717, 1.165) is 22.5 Å². The third-order valence-corrected chi connectivity index (χ3v) is 3.54. The highest BCUT2D eigenvalue weighted by atomic mass is 79.9. The molecule has 1 aliphatic rings. The molecule has 1 saturated carbocycles. The van der Waals surface area contributed by atoms with Gasteiger partial charge in [0, 0.05) is 12.6 Å². The van der Waals surface area contributed by atoms with E-state index < -0.39 is 0 Å². The zero-order valence-corrected chi connectivity index (χ0v) is 11.9. The molecule has 1 heterocycles. The first-order chi connectivity index (χ1) is 9.31. The average molecular weight is 320 g/mol. The molecule has 0 amide bonds. The van der Waals surface area contributed by atoms with Gasteiger partial charge in [-0.1, -0.05) is 12.1 Å². The molecule has 0 radical (unpaired) electrons. The van der Waals surface area contributed by atoms with E-state index >= 15 is 0 Å². The molecule has 0 unspecified atom stereocenters. The summed E-state index contributed by atoms with van der Waals surface area (Å²) >= 11 is 3.43. The Morgan fingerprint density at radius 1 is 1.21 bits per heavy atom. The van der Waals surface area contributed by atoms with Gasteiger partial charge in [-0.25, -0.2) is 4.98 Å². The second-order valence-electron chi connectivity index (χ2n) is 4.53. The van der Waals surface area contributed by atoms with Gasteiger partial charge in [0.1, 0.15) is 5.75 Å². The first-order valence-corrected chi connectivity index (χ1v) is 7.07. The van der Waals surface area contributed by atoms with Crippen LogP contribution in [0.4, 0.5) is 0 Å². The zero-order valence-electron chi connectivity index (χ0n) is 10.3. The first-order valence-electron chi connectivity index (χ1n) is 6.28. The van der Waals surface area contributed by atoms with E-state index in [1.807, 2.05) is 24.3 Å². The molecule has 98 valence electrons. The van der Waals surface area contributed by atoms with Gasteiger partial charge < -0.3 is 10.1 Å². The lowest BCUT2D eigenvalue weighted by Gasteiger charge is -2.07. The highest BCUT2D eigenvalue weighted by Gasteiger charge is 2.20. The Bertz CT molecular complexity index is 555. The van der Waals surface area contributed by atoms with Crippen molar-refractivity contribution in [2.75, 3.05) is 0 Å². The van der Waals surface area contributed by atoms with Gasteiger partial charge in [-0.05, 0) is 40.9 Å². The molecule has 5 heteroatoms. The number of aromatic nitrogens is 2. The van der Waals surface area contributed by atoms with E-state index in [1.165, 1.54) is 12.8 Å². The molecule has 0 bridgehead atoms. The largest absolute Gasteiger partial charge is 0.436 e. The Morgan fingerprint density at radius 2 is 2.05 bits per heavy atom. The molecule has 1 fully saturated rings. The van der Waals surface area contributed by atoms with Crippen LogP contribution >= 0.6 is 15.9 Å². The van der Waals surface area contributed by atoms with Crippen LogP contribution in [0.1, 0.15) is 18.5 Å². The summed E-state index contributed by atoms with van der Waals surface area (Å²) in [6, 6.07) is 8.35. The molecular weight excluding hydrogens is 306 g/mol. The van der Waals surface area contributed by atoms with Gasteiger partial charge in [-0.15, -0.1) is 0 Å². The van der Waals surface area contributed by atoms with Crippen LogP contribution in [0.2, 0.25) is 0 Å². The predicted octanol–water partition coefficient (Wildman–Crippen LogP) is 3.28. The molecular formula is C14H14BrN3O. The van der Waals surface area contributed by atoms with Crippen LogP contribution in [0.15, 0.2) is 41.1 Å². The first kappa shape index (κ1) is 12.6. The maximum atomic E-state index is 5.66. The number of rotatable bonds is 5. The van der Waals surface area contributed by atoms with Crippen LogP contribution in [-0.2, 0) is 6.54 Å². The number of nitrogens with one attached hydrogen (secondary N) is 1. The summed E-state index contributed by atoms with van der Waals surface area (Å²) in [5.41, 5.74) is 0.936. The molecule has 1 aromatic carbocycles. The van der Waals surface area contributed by atoms with E-state index in [1.54, 1.807) is 12.4 Å². The van der Waals surface area contributed by atoms with Gasteiger partial charge in [-0.3, -0.25) is 4.98 Å². The number of hydrogen-bond acceptors (Lipinski definition) is 4. The van der Waals surface area contributed by atoms with Gasteiger partial charge in [0.25, 0.3) is 0 Å². The molecule has 1 aromatic heterocycles. The lowest BCUT2D eigenvalue weighted by Crippen LogP contribution is -2.16. The van der Waals surface area contributed by atoms with Gasteiger partial charge in [0.2, 0.25) is 5.88 Å². The smallest absolute Gasteiger partial charge is 0.237 e. The maximum absolute atomic E-state index is 5.66. The fourth-order valence-corrected chi connectivity index (χ4v) is 2.03. The molecule has 19 heavy (non-hydrogen) atoms. The van der Waals surface area contributed by atoms with Gasteiger partial charge in [0.15, 0.2) is 0 Å². The van der Waals surface area contributed by atoms with Crippen molar-refractivity contribution in [3.63, 3.8) is 0 Å². The number of benzene rings is 1. The van der Waals surface area contributed by atoms with Crippen LogP contribution in [0.3, 0.4) is 0 Å². The Kier molecular flexibility index (Phi) is 3.75. The highest BCUT2D eigenvalue weighted by molar-refractivity contribution is 9.10. The fraction of sp³-hybridized carbons (Fsp3) is 0.286. The summed E-state index contributed by atoms with van der Waals surface area (Å²) in [4.78, 5) is 8.61. The summed E-state index contributed by atoms with van der Waals surface area (Å²) in [7, 11) is 0. The van der Waals surface area contributed by atoms with Gasteiger partial charge in [0.05, 0.1) is 22.6 Å². The van der Waals surface area contributed by atoms with E-state index in [9.17, 15) is 0 Å². The van der Waals surface area contributed by atoms with Crippen molar-refractivity contribution in [1.82, 2.24) is 15.3 Å². The van der Waals surface area contributed by atoms with E-state index in [2.05, 4.69) is 31.2 Å². The maximum Gasteiger partial charge on any atom is 0.237 e. The Labute approximate surface area is 120 Å². The quantitative estimate of drug-likeness (QED) is 0.918. The Hall–Kier alpha value is -1.46. The van der Waals surface area contributed by atoms with E-state index in [4.69, 9.17) is 4.74 Å². The molecule has 4 nitrogen and oxygen atoms in total. The number of ether oxygens (including phenoxy) is 1. The predicted molar refractivity (Wildman–Crippen MR) is 76.1 cm³/mol. The minimum absolute atomic E-state index is 0.502. The number of halogens is 1. The van der Waals surface area contributed by atoms with Crippen molar-refractivity contribution in [2.24, 2.45) is 0 Å². The summed E-state index contributed by atoms with van der Waals surface area (Å²) in [5, 5.41) is 3.40. The van der Waals surface area contributed by atoms with Crippen LogP contribution in [0.5, 0.6) is 11.6 Å². The molecule has 0 atom stereocenters. The molecule has 0 saturated heterocycles. The third kappa shape index (κ3) is 3.52. The van der Waals surface area contributed by atoms with Crippen molar-refractivity contribution < 1.29 is 4.74 Å². The lowest BCUT2D eigenvalue weighted by atomic mass is 10.3. The van der Waals surface area contributed by atoms with E-state index in [0.29, 0.717) is 11.9 Å². The van der Waals surface area contributed by atoms with Crippen LogP contribution in [0, 0.1) is 0 Å². The average Bonchev–Trinajstić information content (AvgIpc) is 3.25. The molecule has 1 aliphatic carbocycles. The van der Waals surface area contributed by atoms with Crippen molar-refractivity contribution in [3.8, 4) is 11.6 Å².